The zero-order valence-corrected chi connectivity index (χ0v) is 20.5. The standard InChI is InChI=1S/C28H22ClN3O5/c1-36-22-13-8-20(9-14-22)28(35)37-25-15-10-18-4-2-3-5-23(18)24(25)16-31-32-26(33)17-30-27(34)19-6-11-21(29)12-7-19/h2-16H,17H2,1H3,(H,30,34)(H,32,33). The Kier molecular flexibility index (Phi) is 8.12. The van der Waals surface area contributed by atoms with Gasteiger partial charge in [-0.15, -0.1) is 0 Å². The summed E-state index contributed by atoms with van der Waals surface area (Å²) in [5.74, 6) is -0.613. The lowest BCUT2D eigenvalue weighted by molar-refractivity contribution is -0.120. The zero-order valence-electron chi connectivity index (χ0n) is 19.7. The number of benzene rings is 4. The van der Waals surface area contributed by atoms with Gasteiger partial charge in [-0.2, -0.15) is 5.10 Å². The molecule has 0 spiro atoms. The number of fused-ring (bicyclic) bond motifs is 1. The summed E-state index contributed by atoms with van der Waals surface area (Å²) in [6, 6.07) is 23.8. The summed E-state index contributed by atoms with van der Waals surface area (Å²) < 4.78 is 10.8. The largest absolute Gasteiger partial charge is 0.497 e. The third-order valence-corrected chi connectivity index (χ3v) is 5.61. The van der Waals surface area contributed by atoms with Crippen molar-refractivity contribution in [1.82, 2.24) is 10.7 Å². The number of esters is 1. The molecule has 0 aromatic heterocycles. The molecular weight excluding hydrogens is 494 g/mol. The molecule has 0 aliphatic rings. The quantitative estimate of drug-likeness (QED) is 0.154. The van der Waals surface area contributed by atoms with Crippen LogP contribution in [0.2, 0.25) is 5.02 Å². The van der Waals surface area contributed by atoms with E-state index < -0.39 is 17.8 Å². The van der Waals surface area contributed by atoms with Crippen LogP contribution in [0.5, 0.6) is 11.5 Å². The maximum atomic E-state index is 12.7. The van der Waals surface area contributed by atoms with Crippen molar-refractivity contribution in [3.8, 4) is 11.5 Å². The molecule has 0 saturated heterocycles. The molecule has 0 aliphatic carbocycles. The van der Waals surface area contributed by atoms with Gasteiger partial charge in [0.15, 0.2) is 0 Å². The van der Waals surface area contributed by atoms with Gasteiger partial charge in [0.1, 0.15) is 11.5 Å². The van der Waals surface area contributed by atoms with Gasteiger partial charge in [-0.25, -0.2) is 10.2 Å². The van der Waals surface area contributed by atoms with Crippen molar-refractivity contribution in [2.24, 2.45) is 5.10 Å². The molecule has 9 heteroatoms. The molecule has 4 rings (SSSR count). The summed E-state index contributed by atoms with van der Waals surface area (Å²) in [6.07, 6.45) is 1.40. The first-order valence-electron chi connectivity index (χ1n) is 11.2. The number of carbonyl (C=O) groups is 3. The van der Waals surface area contributed by atoms with Crippen molar-refractivity contribution in [3.63, 3.8) is 0 Å². The highest BCUT2D eigenvalue weighted by molar-refractivity contribution is 6.30. The van der Waals surface area contributed by atoms with E-state index in [1.165, 1.54) is 6.21 Å². The van der Waals surface area contributed by atoms with E-state index >= 15 is 0 Å². The van der Waals surface area contributed by atoms with Crippen molar-refractivity contribution < 1.29 is 23.9 Å². The molecule has 2 amide bonds. The predicted octanol–water partition coefficient (Wildman–Crippen LogP) is 4.60. The van der Waals surface area contributed by atoms with Gasteiger partial charge < -0.3 is 14.8 Å². The molecule has 0 radical (unpaired) electrons. The van der Waals surface area contributed by atoms with Crippen LogP contribution in [0.25, 0.3) is 10.8 Å². The number of halogens is 1. The van der Waals surface area contributed by atoms with Crippen LogP contribution in [0.3, 0.4) is 0 Å². The van der Waals surface area contributed by atoms with E-state index in [4.69, 9.17) is 21.1 Å². The highest BCUT2D eigenvalue weighted by atomic mass is 35.5. The van der Waals surface area contributed by atoms with E-state index in [9.17, 15) is 14.4 Å². The zero-order chi connectivity index (χ0) is 26.2. The van der Waals surface area contributed by atoms with Gasteiger partial charge in [0.05, 0.1) is 25.4 Å². The van der Waals surface area contributed by atoms with Gasteiger partial charge in [0.2, 0.25) is 0 Å². The normalized spacial score (nSPS) is 10.8. The highest BCUT2D eigenvalue weighted by Crippen LogP contribution is 2.27. The number of hydrogen-bond acceptors (Lipinski definition) is 6. The second kappa shape index (κ2) is 11.8. The maximum absolute atomic E-state index is 12.7. The van der Waals surface area contributed by atoms with Gasteiger partial charge in [-0.3, -0.25) is 9.59 Å². The van der Waals surface area contributed by atoms with E-state index in [1.54, 1.807) is 61.7 Å². The maximum Gasteiger partial charge on any atom is 0.343 e. The molecule has 186 valence electrons. The lowest BCUT2D eigenvalue weighted by Crippen LogP contribution is -2.34. The molecule has 0 bridgehead atoms. The summed E-state index contributed by atoms with van der Waals surface area (Å²) in [6.45, 7) is -0.284. The Morgan fingerprint density at radius 2 is 1.59 bits per heavy atom. The number of methoxy groups -OCH3 is 1. The van der Waals surface area contributed by atoms with Gasteiger partial charge in [-0.1, -0.05) is 41.9 Å². The Bertz CT molecular complexity index is 1470. The molecule has 2 N–H and O–H groups in total. The second-order valence-electron chi connectivity index (χ2n) is 7.80. The summed E-state index contributed by atoms with van der Waals surface area (Å²) in [7, 11) is 1.54. The summed E-state index contributed by atoms with van der Waals surface area (Å²) in [4.78, 5) is 37.1. The number of rotatable bonds is 8. The van der Waals surface area contributed by atoms with Crippen LogP contribution in [0, 0.1) is 0 Å². The number of nitrogens with one attached hydrogen (secondary N) is 2. The third-order valence-electron chi connectivity index (χ3n) is 5.36. The number of nitrogens with zero attached hydrogens (tertiary/aromatic N) is 1. The minimum atomic E-state index is -0.554. The fourth-order valence-electron chi connectivity index (χ4n) is 3.46. The Morgan fingerprint density at radius 1 is 0.892 bits per heavy atom. The van der Waals surface area contributed by atoms with E-state index in [-0.39, 0.29) is 12.3 Å². The number of hydrogen-bond donors (Lipinski definition) is 2. The van der Waals surface area contributed by atoms with E-state index in [0.717, 1.165) is 10.8 Å². The van der Waals surface area contributed by atoms with Crippen LogP contribution in [0.4, 0.5) is 0 Å². The van der Waals surface area contributed by atoms with E-state index in [0.29, 0.717) is 27.5 Å². The first-order chi connectivity index (χ1) is 17.9. The first kappa shape index (κ1) is 25.4. The molecule has 4 aromatic carbocycles. The molecule has 37 heavy (non-hydrogen) atoms. The molecule has 0 fully saturated rings. The Hall–Kier alpha value is -4.69. The van der Waals surface area contributed by atoms with Crippen molar-refractivity contribution in [1.29, 1.82) is 0 Å². The SMILES string of the molecule is COc1ccc(C(=O)Oc2ccc3ccccc3c2C=NNC(=O)CNC(=O)c2ccc(Cl)cc2)cc1. The van der Waals surface area contributed by atoms with Crippen molar-refractivity contribution in [2.75, 3.05) is 13.7 Å². The van der Waals surface area contributed by atoms with Crippen LogP contribution in [0.15, 0.2) is 90.0 Å². The summed E-state index contributed by atoms with van der Waals surface area (Å²) in [5.41, 5.74) is 3.61. The van der Waals surface area contributed by atoms with E-state index in [2.05, 4.69) is 15.8 Å². The monoisotopic (exact) mass is 515 g/mol. The number of amides is 2. The van der Waals surface area contributed by atoms with Crippen LogP contribution >= 0.6 is 11.6 Å². The molecular formula is C28H22ClN3O5. The minimum Gasteiger partial charge on any atom is -0.497 e. The molecule has 0 atom stereocenters. The van der Waals surface area contributed by atoms with Gasteiger partial charge in [-0.05, 0) is 65.4 Å². The van der Waals surface area contributed by atoms with Crippen LogP contribution in [-0.4, -0.2) is 37.7 Å². The van der Waals surface area contributed by atoms with Crippen molar-refractivity contribution in [3.05, 3.63) is 107 Å². The third kappa shape index (κ3) is 6.50. The topological polar surface area (TPSA) is 106 Å². The molecule has 4 aromatic rings. The lowest BCUT2D eigenvalue weighted by atomic mass is 10.0. The fraction of sp³-hybridized carbons (Fsp3) is 0.0714. The minimum absolute atomic E-state index is 0.272. The van der Waals surface area contributed by atoms with Crippen molar-refractivity contribution >= 4 is 46.4 Å². The number of carbonyl (C=O) groups excluding carboxylic acids is 3. The van der Waals surface area contributed by atoms with Gasteiger partial charge in [0, 0.05) is 16.1 Å². The average molecular weight is 516 g/mol. The van der Waals surface area contributed by atoms with Crippen LogP contribution < -0.4 is 20.2 Å². The first-order valence-corrected chi connectivity index (χ1v) is 11.6. The summed E-state index contributed by atoms with van der Waals surface area (Å²) >= 11 is 5.83. The van der Waals surface area contributed by atoms with Crippen LogP contribution in [-0.2, 0) is 4.79 Å². The number of hydrazone groups is 1. The fourth-order valence-corrected chi connectivity index (χ4v) is 3.58. The number of ether oxygens (including phenoxy) is 2. The van der Waals surface area contributed by atoms with Gasteiger partial charge in [0.25, 0.3) is 11.8 Å². The Labute approximate surface area is 217 Å². The van der Waals surface area contributed by atoms with E-state index in [1.807, 2.05) is 30.3 Å². The average Bonchev–Trinajstić information content (AvgIpc) is 2.93. The Morgan fingerprint density at radius 3 is 2.32 bits per heavy atom. The van der Waals surface area contributed by atoms with Gasteiger partial charge >= 0.3 is 5.97 Å². The summed E-state index contributed by atoms with van der Waals surface area (Å²) in [5, 5.41) is 8.71. The lowest BCUT2D eigenvalue weighted by Gasteiger charge is -2.11. The molecule has 8 nitrogen and oxygen atoms in total. The molecule has 0 heterocycles. The van der Waals surface area contributed by atoms with Crippen molar-refractivity contribution in [2.45, 2.75) is 0 Å². The highest BCUT2D eigenvalue weighted by Gasteiger charge is 2.14. The smallest absolute Gasteiger partial charge is 0.343 e. The molecule has 0 saturated carbocycles. The van der Waals surface area contributed by atoms with Crippen LogP contribution in [0.1, 0.15) is 26.3 Å². The Balaban J connectivity index is 1.46. The molecule has 0 aliphatic heterocycles. The molecule has 0 unspecified atom stereocenters. The predicted molar refractivity (Wildman–Crippen MR) is 141 cm³/mol. The second-order valence-corrected chi connectivity index (χ2v) is 8.24.